The molecular formula is C14H26N2O. The van der Waals surface area contributed by atoms with Gasteiger partial charge in [0.1, 0.15) is 0 Å². The number of piperidine rings is 1. The summed E-state index contributed by atoms with van der Waals surface area (Å²) in [5.41, 5.74) is 0. The lowest BCUT2D eigenvalue weighted by Gasteiger charge is -2.37. The van der Waals surface area contributed by atoms with E-state index >= 15 is 0 Å². The molecule has 2 atom stereocenters. The van der Waals surface area contributed by atoms with E-state index in [1.807, 2.05) is 0 Å². The summed E-state index contributed by atoms with van der Waals surface area (Å²) in [7, 11) is 0. The third-order valence-electron chi connectivity index (χ3n) is 3.91. The van der Waals surface area contributed by atoms with Gasteiger partial charge >= 0.3 is 0 Å². The van der Waals surface area contributed by atoms with Crippen molar-refractivity contribution in [1.29, 1.82) is 0 Å². The van der Waals surface area contributed by atoms with Crippen molar-refractivity contribution in [2.75, 3.05) is 6.54 Å². The van der Waals surface area contributed by atoms with E-state index in [-0.39, 0.29) is 6.04 Å². The van der Waals surface area contributed by atoms with Gasteiger partial charge < -0.3 is 10.2 Å². The fourth-order valence-corrected chi connectivity index (χ4v) is 2.86. The number of amides is 1. The predicted octanol–water partition coefficient (Wildman–Crippen LogP) is 2.16. The lowest BCUT2D eigenvalue weighted by Crippen LogP contribution is -2.54. The van der Waals surface area contributed by atoms with Gasteiger partial charge in [-0.25, -0.2) is 0 Å². The Bertz CT molecular complexity index is 273. The molecule has 1 amide bonds. The quantitative estimate of drug-likeness (QED) is 0.796. The van der Waals surface area contributed by atoms with Crippen LogP contribution in [0.4, 0.5) is 0 Å². The second-order valence-corrected chi connectivity index (χ2v) is 6.08. The van der Waals surface area contributed by atoms with Crippen LogP contribution in [-0.4, -0.2) is 35.5 Å². The third-order valence-corrected chi connectivity index (χ3v) is 3.91. The molecule has 0 aromatic heterocycles. The molecule has 2 rings (SSSR count). The zero-order chi connectivity index (χ0) is 12.4. The topological polar surface area (TPSA) is 32.3 Å². The molecule has 1 saturated carbocycles. The van der Waals surface area contributed by atoms with Crippen LogP contribution in [0.1, 0.15) is 52.9 Å². The first-order valence-electron chi connectivity index (χ1n) is 7.14. The van der Waals surface area contributed by atoms with Crippen LogP contribution < -0.4 is 5.32 Å². The Morgan fingerprint density at radius 3 is 2.59 bits per heavy atom. The summed E-state index contributed by atoms with van der Waals surface area (Å²) in [4.78, 5) is 14.5. The Balaban J connectivity index is 1.89. The van der Waals surface area contributed by atoms with Crippen molar-refractivity contribution in [3.05, 3.63) is 0 Å². The van der Waals surface area contributed by atoms with Gasteiger partial charge in [0.2, 0.25) is 5.91 Å². The lowest BCUT2D eigenvalue weighted by atomic mass is 10.0. The Hall–Kier alpha value is -0.570. The summed E-state index contributed by atoms with van der Waals surface area (Å²) in [5.74, 6) is 1.23. The van der Waals surface area contributed by atoms with Crippen LogP contribution in [0.15, 0.2) is 0 Å². The maximum atomic E-state index is 12.4. The Kier molecular flexibility index (Phi) is 4.08. The zero-order valence-electron chi connectivity index (χ0n) is 11.4. The molecule has 0 spiro atoms. The smallest absolute Gasteiger partial charge is 0.239 e. The maximum Gasteiger partial charge on any atom is 0.239 e. The molecule has 1 heterocycles. The van der Waals surface area contributed by atoms with Gasteiger partial charge in [-0.3, -0.25) is 4.79 Å². The molecule has 2 aliphatic rings. The third kappa shape index (κ3) is 3.44. The maximum absolute atomic E-state index is 12.4. The molecule has 3 nitrogen and oxygen atoms in total. The van der Waals surface area contributed by atoms with Crippen LogP contribution in [-0.2, 0) is 4.79 Å². The van der Waals surface area contributed by atoms with Crippen molar-refractivity contribution in [2.24, 2.45) is 5.92 Å². The van der Waals surface area contributed by atoms with Crippen LogP contribution in [0.2, 0.25) is 0 Å². The number of hydrogen-bond donors (Lipinski definition) is 1. The van der Waals surface area contributed by atoms with Crippen molar-refractivity contribution >= 4 is 5.91 Å². The highest BCUT2D eigenvalue weighted by molar-refractivity contribution is 5.82. The van der Waals surface area contributed by atoms with Gasteiger partial charge in [0.15, 0.2) is 0 Å². The minimum atomic E-state index is 0.0606. The van der Waals surface area contributed by atoms with Gasteiger partial charge in [-0.1, -0.05) is 26.7 Å². The van der Waals surface area contributed by atoms with E-state index in [4.69, 9.17) is 0 Å². The summed E-state index contributed by atoms with van der Waals surface area (Å²) in [6, 6.07) is 0.889. The van der Waals surface area contributed by atoms with E-state index in [0.717, 1.165) is 25.3 Å². The van der Waals surface area contributed by atoms with Crippen molar-refractivity contribution in [3.8, 4) is 0 Å². The first-order chi connectivity index (χ1) is 8.08. The molecule has 1 aliphatic heterocycles. The van der Waals surface area contributed by atoms with E-state index in [9.17, 15) is 4.79 Å². The SMILES string of the molecule is CC(C)NC1CCCN(C(C)CC2CC2)C1=O. The zero-order valence-corrected chi connectivity index (χ0v) is 11.4. The molecule has 0 aromatic carbocycles. The highest BCUT2D eigenvalue weighted by Crippen LogP contribution is 2.35. The second kappa shape index (κ2) is 5.38. The molecule has 1 saturated heterocycles. The van der Waals surface area contributed by atoms with Crippen LogP contribution in [0.5, 0.6) is 0 Å². The van der Waals surface area contributed by atoms with Crippen LogP contribution >= 0.6 is 0 Å². The molecule has 17 heavy (non-hydrogen) atoms. The molecule has 2 unspecified atom stereocenters. The summed E-state index contributed by atoms with van der Waals surface area (Å²) in [6.45, 7) is 7.40. The van der Waals surface area contributed by atoms with Crippen LogP contribution in [0, 0.1) is 5.92 Å². The standard InChI is InChI=1S/C14H26N2O/c1-10(2)15-13-5-4-8-16(14(13)17)11(3)9-12-6-7-12/h10-13,15H,4-9H2,1-3H3. The molecule has 1 N–H and O–H groups in total. The fourth-order valence-electron chi connectivity index (χ4n) is 2.86. The minimum absolute atomic E-state index is 0.0606. The van der Waals surface area contributed by atoms with Crippen LogP contribution in [0.25, 0.3) is 0 Å². The summed E-state index contributed by atoms with van der Waals surface area (Å²) in [6.07, 6.45) is 6.11. The molecule has 2 fully saturated rings. The average molecular weight is 238 g/mol. The van der Waals surface area contributed by atoms with Gasteiger partial charge in [0.25, 0.3) is 0 Å². The molecule has 1 aliphatic carbocycles. The van der Waals surface area contributed by atoms with E-state index in [1.165, 1.54) is 19.3 Å². The highest BCUT2D eigenvalue weighted by atomic mass is 16.2. The minimum Gasteiger partial charge on any atom is -0.339 e. The van der Waals surface area contributed by atoms with Crippen molar-refractivity contribution in [1.82, 2.24) is 10.2 Å². The lowest BCUT2D eigenvalue weighted by molar-refractivity contribution is -0.138. The van der Waals surface area contributed by atoms with E-state index in [2.05, 4.69) is 31.0 Å². The van der Waals surface area contributed by atoms with Gasteiger partial charge in [-0.15, -0.1) is 0 Å². The van der Waals surface area contributed by atoms with Gasteiger partial charge in [0, 0.05) is 18.6 Å². The second-order valence-electron chi connectivity index (χ2n) is 6.08. The average Bonchev–Trinajstić information content (AvgIpc) is 3.04. The summed E-state index contributed by atoms with van der Waals surface area (Å²) >= 11 is 0. The summed E-state index contributed by atoms with van der Waals surface area (Å²) in [5, 5.41) is 3.39. The summed E-state index contributed by atoms with van der Waals surface area (Å²) < 4.78 is 0. The predicted molar refractivity (Wildman–Crippen MR) is 69.8 cm³/mol. The van der Waals surface area contributed by atoms with E-state index < -0.39 is 0 Å². The molecule has 3 heteroatoms. The van der Waals surface area contributed by atoms with Gasteiger partial charge in [-0.05, 0) is 32.1 Å². The Morgan fingerprint density at radius 1 is 1.29 bits per heavy atom. The number of hydrogen-bond acceptors (Lipinski definition) is 2. The molecule has 0 aromatic rings. The monoisotopic (exact) mass is 238 g/mol. The number of nitrogens with zero attached hydrogens (tertiary/aromatic N) is 1. The molecular weight excluding hydrogens is 212 g/mol. The van der Waals surface area contributed by atoms with Gasteiger partial charge in [0.05, 0.1) is 6.04 Å². The van der Waals surface area contributed by atoms with Crippen molar-refractivity contribution in [3.63, 3.8) is 0 Å². The largest absolute Gasteiger partial charge is 0.339 e. The molecule has 0 bridgehead atoms. The number of likely N-dealkylation sites (tertiary alicyclic amines) is 1. The van der Waals surface area contributed by atoms with Gasteiger partial charge in [-0.2, -0.15) is 0 Å². The highest BCUT2D eigenvalue weighted by Gasteiger charge is 2.34. The Labute approximate surface area is 105 Å². The molecule has 98 valence electrons. The normalized spacial score (nSPS) is 27.6. The van der Waals surface area contributed by atoms with Crippen molar-refractivity contribution < 1.29 is 4.79 Å². The fraction of sp³-hybridized carbons (Fsp3) is 0.929. The number of rotatable bonds is 5. The Morgan fingerprint density at radius 2 is 2.00 bits per heavy atom. The first kappa shape index (κ1) is 12.9. The van der Waals surface area contributed by atoms with E-state index in [1.54, 1.807) is 0 Å². The number of nitrogens with one attached hydrogen (secondary N) is 1. The molecule has 0 radical (unpaired) electrons. The van der Waals surface area contributed by atoms with Crippen molar-refractivity contribution in [2.45, 2.75) is 71.0 Å². The number of carbonyl (C=O) groups is 1. The van der Waals surface area contributed by atoms with E-state index in [0.29, 0.717) is 18.0 Å². The number of carbonyl (C=O) groups excluding carboxylic acids is 1. The first-order valence-corrected chi connectivity index (χ1v) is 7.14. The van der Waals surface area contributed by atoms with Crippen LogP contribution in [0.3, 0.4) is 0 Å².